The van der Waals surface area contributed by atoms with Crippen LogP contribution >= 0.6 is 0 Å². The van der Waals surface area contributed by atoms with Gasteiger partial charge in [0.05, 0.1) is 18.0 Å². The molecule has 0 aliphatic heterocycles. The van der Waals surface area contributed by atoms with Gasteiger partial charge < -0.3 is 10.1 Å². The number of ether oxygens (including phenoxy) is 1. The number of amides is 1. The number of fused-ring (bicyclic) bond motifs is 1. The Kier molecular flexibility index (Phi) is 6.25. The third-order valence-corrected chi connectivity index (χ3v) is 6.28. The van der Waals surface area contributed by atoms with E-state index < -0.39 is 0 Å². The summed E-state index contributed by atoms with van der Waals surface area (Å²) in [6.45, 7) is 8.67. The number of rotatable bonds is 7. The van der Waals surface area contributed by atoms with E-state index in [1.165, 1.54) is 12.8 Å². The van der Waals surface area contributed by atoms with Crippen molar-refractivity contribution in [3.05, 3.63) is 46.6 Å². The highest BCUT2D eigenvalue weighted by Gasteiger charge is 2.22. The molecule has 0 unspecified atom stereocenters. The van der Waals surface area contributed by atoms with E-state index in [0.717, 1.165) is 51.9 Å². The second kappa shape index (κ2) is 9.08. The zero-order valence-electron chi connectivity index (χ0n) is 19.0. The SMILES string of the molecule is CCOc1nc2c(c(C)nn2-c2ccccc2C)c(C)c1CCC(=O)NC1CCCC1. The van der Waals surface area contributed by atoms with Gasteiger partial charge in [-0.25, -0.2) is 4.68 Å². The van der Waals surface area contributed by atoms with Gasteiger partial charge >= 0.3 is 0 Å². The lowest BCUT2D eigenvalue weighted by Crippen LogP contribution is -2.32. The molecule has 0 radical (unpaired) electrons. The molecular formula is C25H32N4O2. The number of hydrogen-bond acceptors (Lipinski definition) is 4. The van der Waals surface area contributed by atoms with Gasteiger partial charge in [0, 0.05) is 23.4 Å². The summed E-state index contributed by atoms with van der Waals surface area (Å²) < 4.78 is 7.85. The number of para-hydroxylation sites is 1. The van der Waals surface area contributed by atoms with Crippen LogP contribution in [0.4, 0.5) is 0 Å². The molecule has 1 saturated carbocycles. The first-order valence-electron chi connectivity index (χ1n) is 11.4. The minimum absolute atomic E-state index is 0.112. The van der Waals surface area contributed by atoms with Crippen LogP contribution in [0, 0.1) is 20.8 Å². The van der Waals surface area contributed by atoms with Gasteiger partial charge in [0.2, 0.25) is 11.8 Å². The van der Waals surface area contributed by atoms with Crippen molar-refractivity contribution in [1.29, 1.82) is 0 Å². The molecule has 164 valence electrons. The van der Waals surface area contributed by atoms with Crippen molar-refractivity contribution < 1.29 is 9.53 Å². The van der Waals surface area contributed by atoms with Crippen molar-refractivity contribution in [3.63, 3.8) is 0 Å². The predicted octanol–water partition coefficient (Wildman–Crippen LogP) is 4.74. The molecule has 1 aromatic carbocycles. The summed E-state index contributed by atoms with van der Waals surface area (Å²) in [7, 11) is 0. The van der Waals surface area contributed by atoms with Gasteiger partial charge in [0.25, 0.3) is 0 Å². The monoisotopic (exact) mass is 420 g/mol. The van der Waals surface area contributed by atoms with E-state index in [2.05, 4.69) is 31.3 Å². The molecule has 2 heterocycles. The third kappa shape index (κ3) is 4.29. The first-order valence-corrected chi connectivity index (χ1v) is 11.4. The molecule has 0 bridgehead atoms. The number of benzene rings is 1. The summed E-state index contributed by atoms with van der Waals surface area (Å²) in [6, 6.07) is 8.51. The normalized spacial score (nSPS) is 14.3. The second-order valence-electron chi connectivity index (χ2n) is 8.48. The van der Waals surface area contributed by atoms with Gasteiger partial charge in [-0.3, -0.25) is 4.79 Å². The Labute approximate surface area is 184 Å². The largest absolute Gasteiger partial charge is 0.478 e. The Morgan fingerprint density at radius 3 is 2.65 bits per heavy atom. The summed E-state index contributed by atoms with van der Waals surface area (Å²) in [5.74, 6) is 0.720. The summed E-state index contributed by atoms with van der Waals surface area (Å²) in [4.78, 5) is 17.4. The van der Waals surface area contributed by atoms with Crippen molar-refractivity contribution >= 4 is 16.9 Å². The Balaban J connectivity index is 1.69. The van der Waals surface area contributed by atoms with E-state index in [1.807, 2.05) is 30.7 Å². The molecule has 1 N–H and O–H groups in total. The number of pyridine rings is 1. The molecule has 6 heteroatoms. The fraction of sp³-hybridized carbons (Fsp3) is 0.480. The van der Waals surface area contributed by atoms with Crippen LogP contribution in [-0.4, -0.2) is 33.3 Å². The predicted molar refractivity (Wildman–Crippen MR) is 123 cm³/mol. The summed E-state index contributed by atoms with van der Waals surface area (Å²) >= 11 is 0. The van der Waals surface area contributed by atoms with Crippen molar-refractivity contribution in [2.24, 2.45) is 0 Å². The molecule has 2 aromatic heterocycles. The molecule has 0 atom stereocenters. The molecular weight excluding hydrogens is 388 g/mol. The Morgan fingerprint density at radius 1 is 1.19 bits per heavy atom. The number of nitrogens with zero attached hydrogens (tertiary/aromatic N) is 3. The fourth-order valence-corrected chi connectivity index (χ4v) is 4.66. The molecule has 31 heavy (non-hydrogen) atoms. The van der Waals surface area contributed by atoms with Gasteiger partial charge in [-0.15, -0.1) is 0 Å². The highest BCUT2D eigenvalue weighted by Crippen LogP contribution is 2.32. The Hall–Kier alpha value is -2.89. The maximum atomic E-state index is 12.5. The lowest BCUT2D eigenvalue weighted by molar-refractivity contribution is -0.121. The quantitative estimate of drug-likeness (QED) is 0.600. The number of aromatic nitrogens is 3. The topological polar surface area (TPSA) is 69.0 Å². The van der Waals surface area contributed by atoms with Crippen LogP contribution in [0.15, 0.2) is 24.3 Å². The average molecular weight is 421 g/mol. The van der Waals surface area contributed by atoms with Crippen LogP contribution in [0.5, 0.6) is 5.88 Å². The number of hydrogen-bond donors (Lipinski definition) is 1. The lowest BCUT2D eigenvalue weighted by Gasteiger charge is -2.15. The Morgan fingerprint density at radius 2 is 1.94 bits per heavy atom. The summed E-state index contributed by atoms with van der Waals surface area (Å²) in [5, 5.41) is 9.03. The van der Waals surface area contributed by atoms with Crippen molar-refractivity contribution in [3.8, 4) is 11.6 Å². The fourth-order valence-electron chi connectivity index (χ4n) is 4.66. The first-order chi connectivity index (χ1) is 15.0. The average Bonchev–Trinajstić information content (AvgIpc) is 3.36. The number of aryl methyl sites for hydroxylation is 3. The van der Waals surface area contributed by atoms with E-state index >= 15 is 0 Å². The smallest absolute Gasteiger partial charge is 0.220 e. The summed E-state index contributed by atoms with van der Waals surface area (Å²) in [6.07, 6.45) is 5.67. The second-order valence-corrected chi connectivity index (χ2v) is 8.48. The minimum atomic E-state index is 0.112. The van der Waals surface area contributed by atoms with E-state index in [4.69, 9.17) is 14.8 Å². The van der Waals surface area contributed by atoms with E-state index in [0.29, 0.717) is 31.4 Å². The standard InChI is InChI=1S/C25H32N4O2/c1-5-31-25-20(14-15-22(30)26-19-11-7-8-12-19)17(3)23-18(4)28-29(24(23)27-25)21-13-9-6-10-16(21)2/h6,9-10,13,19H,5,7-8,11-12,14-15H2,1-4H3,(H,26,30). The molecule has 3 aromatic rings. The molecule has 4 rings (SSSR count). The zero-order chi connectivity index (χ0) is 22.0. The highest BCUT2D eigenvalue weighted by molar-refractivity contribution is 5.86. The van der Waals surface area contributed by atoms with E-state index in [9.17, 15) is 4.79 Å². The maximum Gasteiger partial charge on any atom is 0.220 e. The van der Waals surface area contributed by atoms with Gasteiger partial charge in [-0.2, -0.15) is 10.1 Å². The number of nitrogens with one attached hydrogen (secondary N) is 1. The van der Waals surface area contributed by atoms with Gasteiger partial charge in [-0.05, 0) is 64.2 Å². The van der Waals surface area contributed by atoms with Gasteiger partial charge in [0.1, 0.15) is 0 Å². The summed E-state index contributed by atoms with van der Waals surface area (Å²) in [5.41, 5.74) is 5.98. The molecule has 1 amide bonds. The van der Waals surface area contributed by atoms with Crippen molar-refractivity contribution in [1.82, 2.24) is 20.1 Å². The minimum Gasteiger partial charge on any atom is -0.478 e. The van der Waals surface area contributed by atoms with Crippen LogP contribution in [0.3, 0.4) is 0 Å². The van der Waals surface area contributed by atoms with Crippen LogP contribution < -0.4 is 10.1 Å². The molecule has 6 nitrogen and oxygen atoms in total. The number of carbonyl (C=O) groups is 1. The molecule has 1 fully saturated rings. The first kappa shape index (κ1) is 21.3. The van der Waals surface area contributed by atoms with Crippen LogP contribution in [-0.2, 0) is 11.2 Å². The van der Waals surface area contributed by atoms with Gasteiger partial charge in [-0.1, -0.05) is 31.0 Å². The maximum absolute atomic E-state index is 12.5. The van der Waals surface area contributed by atoms with Gasteiger partial charge in [0.15, 0.2) is 5.65 Å². The van der Waals surface area contributed by atoms with Crippen molar-refractivity contribution in [2.75, 3.05) is 6.61 Å². The third-order valence-electron chi connectivity index (χ3n) is 6.28. The van der Waals surface area contributed by atoms with E-state index in [1.54, 1.807) is 0 Å². The van der Waals surface area contributed by atoms with Crippen LogP contribution in [0.2, 0.25) is 0 Å². The molecule has 1 aliphatic rings. The zero-order valence-corrected chi connectivity index (χ0v) is 19.0. The molecule has 0 spiro atoms. The van der Waals surface area contributed by atoms with Crippen molar-refractivity contribution in [2.45, 2.75) is 72.3 Å². The molecule has 1 aliphatic carbocycles. The molecule has 0 saturated heterocycles. The number of carbonyl (C=O) groups excluding carboxylic acids is 1. The van der Waals surface area contributed by atoms with Crippen LogP contribution in [0.1, 0.15) is 61.4 Å². The van der Waals surface area contributed by atoms with E-state index in [-0.39, 0.29) is 5.91 Å². The highest BCUT2D eigenvalue weighted by atomic mass is 16.5. The lowest BCUT2D eigenvalue weighted by atomic mass is 10.0. The van der Waals surface area contributed by atoms with Crippen LogP contribution in [0.25, 0.3) is 16.7 Å². The Bertz CT molecular complexity index is 1100.